The Morgan fingerprint density at radius 2 is 2.11 bits per heavy atom. The molecule has 0 saturated heterocycles. The number of benzene rings is 1. The van der Waals surface area contributed by atoms with Crippen molar-refractivity contribution in [2.24, 2.45) is 5.84 Å². The minimum absolute atomic E-state index is 0.123. The number of hydrogen-bond donors (Lipinski definition) is 2. The molecule has 0 aliphatic carbocycles. The van der Waals surface area contributed by atoms with E-state index in [-0.39, 0.29) is 11.9 Å². The van der Waals surface area contributed by atoms with Crippen LogP contribution in [0.15, 0.2) is 36.5 Å². The third-order valence-corrected chi connectivity index (χ3v) is 3.12. The van der Waals surface area contributed by atoms with Gasteiger partial charge in [0, 0.05) is 6.20 Å². The van der Waals surface area contributed by atoms with Crippen molar-refractivity contribution in [3.63, 3.8) is 0 Å². The van der Waals surface area contributed by atoms with E-state index in [2.05, 4.69) is 16.5 Å². The molecule has 0 spiro atoms. The number of aromatic nitrogens is 1. The number of halogens is 1. The van der Waals surface area contributed by atoms with Crippen LogP contribution in [-0.4, -0.2) is 4.98 Å². The van der Waals surface area contributed by atoms with E-state index in [9.17, 15) is 4.39 Å². The minimum Gasteiger partial charge on any atom is -0.271 e. The van der Waals surface area contributed by atoms with Crippen molar-refractivity contribution in [3.8, 4) is 0 Å². The van der Waals surface area contributed by atoms with Crippen LogP contribution in [-0.2, 0) is 6.42 Å². The number of aryl methyl sites for hydroxylation is 2. The lowest BCUT2D eigenvalue weighted by atomic mass is 10.00. The summed E-state index contributed by atoms with van der Waals surface area (Å²) < 4.78 is 13.2. The van der Waals surface area contributed by atoms with Gasteiger partial charge in [-0.05, 0) is 49.1 Å². The maximum Gasteiger partial charge on any atom is 0.123 e. The third kappa shape index (κ3) is 3.36. The van der Waals surface area contributed by atoms with Gasteiger partial charge >= 0.3 is 0 Å². The van der Waals surface area contributed by atoms with E-state index in [1.165, 1.54) is 12.1 Å². The largest absolute Gasteiger partial charge is 0.271 e. The Hall–Kier alpha value is -1.78. The van der Waals surface area contributed by atoms with Crippen molar-refractivity contribution in [2.45, 2.75) is 26.3 Å². The van der Waals surface area contributed by atoms with Crippen LogP contribution in [0.25, 0.3) is 0 Å². The molecule has 1 atom stereocenters. The first-order chi connectivity index (χ1) is 9.10. The minimum atomic E-state index is -0.234. The molecule has 2 rings (SSSR count). The lowest BCUT2D eigenvalue weighted by Crippen LogP contribution is -2.30. The lowest BCUT2D eigenvalue weighted by molar-refractivity contribution is 0.532. The van der Waals surface area contributed by atoms with E-state index < -0.39 is 0 Å². The number of nitrogens with one attached hydrogen (secondary N) is 1. The first kappa shape index (κ1) is 13.6. The maximum absolute atomic E-state index is 13.2. The van der Waals surface area contributed by atoms with E-state index in [0.29, 0.717) is 6.42 Å². The van der Waals surface area contributed by atoms with Gasteiger partial charge in [-0.3, -0.25) is 16.3 Å². The molecule has 0 fully saturated rings. The molecule has 0 bridgehead atoms. The summed E-state index contributed by atoms with van der Waals surface area (Å²) in [6.45, 7) is 4.01. The van der Waals surface area contributed by atoms with E-state index in [0.717, 1.165) is 22.4 Å². The summed E-state index contributed by atoms with van der Waals surface area (Å²) in [6.07, 6.45) is 2.42. The van der Waals surface area contributed by atoms with E-state index in [4.69, 9.17) is 5.84 Å². The summed E-state index contributed by atoms with van der Waals surface area (Å²) in [5.41, 5.74) is 6.75. The van der Waals surface area contributed by atoms with E-state index in [1.54, 1.807) is 6.07 Å². The lowest BCUT2D eigenvalue weighted by Gasteiger charge is -2.18. The molecule has 0 amide bonds. The second-order valence-electron chi connectivity index (χ2n) is 4.77. The molecule has 0 aliphatic rings. The van der Waals surface area contributed by atoms with Gasteiger partial charge < -0.3 is 0 Å². The van der Waals surface area contributed by atoms with Gasteiger partial charge in [-0.1, -0.05) is 18.2 Å². The third-order valence-electron chi connectivity index (χ3n) is 3.12. The SMILES string of the molecule is Cc1cnc(C(Cc2cccc(F)c2)NN)c(C)c1. The number of hydrazine groups is 1. The van der Waals surface area contributed by atoms with Crippen molar-refractivity contribution in [2.75, 3.05) is 0 Å². The van der Waals surface area contributed by atoms with E-state index in [1.807, 2.05) is 26.1 Å². The van der Waals surface area contributed by atoms with Gasteiger partial charge in [0.2, 0.25) is 0 Å². The first-order valence-electron chi connectivity index (χ1n) is 6.24. The first-order valence-corrected chi connectivity index (χ1v) is 6.24. The monoisotopic (exact) mass is 259 g/mol. The zero-order valence-corrected chi connectivity index (χ0v) is 11.2. The molecular weight excluding hydrogens is 241 g/mol. The van der Waals surface area contributed by atoms with Crippen molar-refractivity contribution < 1.29 is 4.39 Å². The standard InChI is InChI=1S/C15H18FN3/c1-10-6-11(2)15(18-9-10)14(19-17)8-12-4-3-5-13(16)7-12/h3-7,9,14,19H,8,17H2,1-2H3. The normalized spacial score (nSPS) is 12.4. The average molecular weight is 259 g/mol. The molecule has 3 N–H and O–H groups in total. The number of nitrogens with two attached hydrogens (primary N) is 1. The number of rotatable bonds is 4. The summed E-state index contributed by atoms with van der Waals surface area (Å²) in [7, 11) is 0. The van der Waals surface area contributed by atoms with Gasteiger partial charge in [0.15, 0.2) is 0 Å². The second kappa shape index (κ2) is 5.91. The Morgan fingerprint density at radius 3 is 2.74 bits per heavy atom. The quantitative estimate of drug-likeness (QED) is 0.655. The fourth-order valence-electron chi connectivity index (χ4n) is 2.22. The van der Waals surface area contributed by atoms with E-state index >= 15 is 0 Å². The number of hydrogen-bond acceptors (Lipinski definition) is 3. The zero-order chi connectivity index (χ0) is 13.8. The highest BCUT2D eigenvalue weighted by Gasteiger charge is 2.14. The van der Waals surface area contributed by atoms with Crippen molar-refractivity contribution in [1.82, 2.24) is 10.4 Å². The topological polar surface area (TPSA) is 50.9 Å². The highest BCUT2D eigenvalue weighted by Crippen LogP contribution is 2.20. The summed E-state index contributed by atoms with van der Waals surface area (Å²) >= 11 is 0. The second-order valence-corrected chi connectivity index (χ2v) is 4.77. The maximum atomic E-state index is 13.2. The summed E-state index contributed by atoms with van der Waals surface area (Å²) in [5.74, 6) is 5.38. The molecule has 0 radical (unpaired) electrons. The Labute approximate surface area is 112 Å². The van der Waals surface area contributed by atoms with Crippen LogP contribution in [0.2, 0.25) is 0 Å². The highest BCUT2D eigenvalue weighted by atomic mass is 19.1. The van der Waals surface area contributed by atoms with Crippen LogP contribution in [0.1, 0.15) is 28.4 Å². The average Bonchev–Trinajstić information content (AvgIpc) is 2.37. The Bertz CT molecular complexity index is 569. The van der Waals surface area contributed by atoms with Gasteiger partial charge in [-0.2, -0.15) is 0 Å². The predicted molar refractivity (Wildman–Crippen MR) is 73.9 cm³/mol. The van der Waals surface area contributed by atoms with Gasteiger partial charge in [0.25, 0.3) is 0 Å². The molecule has 19 heavy (non-hydrogen) atoms. The summed E-state index contributed by atoms with van der Waals surface area (Å²) in [4.78, 5) is 4.43. The van der Waals surface area contributed by atoms with Crippen LogP contribution < -0.4 is 11.3 Å². The summed E-state index contributed by atoms with van der Waals surface area (Å²) in [5, 5.41) is 0. The van der Waals surface area contributed by atoms with Gasteiger partial charge in [0.1, 0.15) is 5.82 Å². The molecule has 0 saturated carbocycles. The highest BCUT2D eigenvalue weighted by molar-refractivity contribution is 5.27. The molecule has 100 valence electrons. The molecule has 3 nitrogen and oxygen atoms in total. The fourth-order valence-corrected chi connectivity index (χ4v) is 2.22. The molecule has 1 aromatic heterocycles. The van der Waals surface area contributed by atoms with Gasteiger partial charge in [0.05, 0.1) is 11.7 Å². The fraction of sp³-hybridized carbons (Fsp3) is 0.267. The van der Waals surface area contributed by atoms with Gasteiger partial charge in [-0.15, -0.1) is 0 Å². The van der Waals surface area contributed by atoms with Gasteiger partial charge in [-0.25, -0.2) is 4.39 Å². The van der Waals surface area contributed by atoms with Crippen LogP contribution in [0.5, 0.6) is 0 Å². The molecule has 1 unspecified atom stereocenters. The van der Waals surface area contributed by atoms with Crippen LogP contribution in [0, 0.1) is 19.7 Å². The Kier molecular flexibility index (Phi) is 4.24. The van der Waals surface area contributed by atoms with Crippen molar-refractivity contribution in [3.05, 3.63) is 64.7 Å². The van der Waals surface area contributed by atoms with Crippen LogP contribution in [0.4, 0.5) is 4.39 Å². The number of nitrogens with zero attached hydrogens (tertiary/aromatic N) is 1. The van der Waals surface area contributed by atoms with Crippen molar-refractivity contribution >= 4 is 0 Å². The molecular formula is C15H18FN3. The molecule has 0 aliphatic heterocycles. The molecule has 1 aromatic carbocycles. The predicted octanol–water partition coefficient (Wildman–Crippen LogP) is 2.58. The smallest absolute Gasteiger partial charge is 0.123 e. The Morgan fingerprint density at radius 1 is 1.32 bits per heavy atom. The van der Waals surface area contributed by atoms with Crippen LogP contribution in [0.3, 0.4) is 0 Å². The van der Waals surface area contributed by atoms with Crippen molar-refractivity contribution in [1.29, 1.82) is 0 Å². The summed E-state index contributed by atoms with van der Waals surface area (Å²) in [6, 6.07) is 8.49. The zero-order valence-electron chi connectivity index (χ0n) is 11.2. The molecule has 4 heteroatoms. The molecule has 2 aromatic rings. The van der Waals surface area contributed by atoms with Crippen LogP contribution >= 0.6 is 0 Å². The molecule has 1 heterocycles. The Balaban J connectivity index is 2.25. The number of pyridine rings is 1.